The summed E-state index contributed by atoms with van der Waals surface area (Å²) < 4.78 is 13.0. The third kappa shape index (κ3) is 2.26. The highest BCUT2D eigenvalue weighted by atomic mass is 35.5. The zero-order valence-corrected chi connectivity index (χ0v) is 9.82. The molecular formula is C12H8ClFN2O2. The van der Waals surface area contributed by atoms with Crippen LogP contribution in [0.3, 0.4) is 0 Å². The van der Waals surface area contributed by atoms with Gasteiger partial charge in [0.2, 0.25) is 0 Å². The van der Waals surface area contributed by atoms with E-state index in [1.54, 1.807) is 6.07 Å². The molecule has 0 heterocycles. The Balaban J connectivity index is 2.54. The molecule has 2 aromatic carbocycles. The number of rotatable bonds is 2. The minimum absolute atomic E-state index is 0.0352. The van der Waals surface area contributed by atoms with Gasteiger partial charge in [0.15, 0.2) is 0 Å². The van der Waals surface area contributed by atoms with Crippen LogP contribution in [-0.2, 0) is 0 Å². The highest BCUT2D eigenvalue weighted by molar-refractivity contribution is 6.31. The second-order valence-corrected chi connectivity index (χ2v) is 4.07. The second-order valence-electron chi connectivity index (χ2n) is 3.66. The van der Waals surface area contributed by atoms with E-state index in [1.807, 2.05) is 0 Å². The SMILES string of the molecule is Nc1ccc(-c2ccc(F)c(Cl)c2)cc1[N+](=O)[O-]. The lowest BCUT2D eigenvalue weighted by atomic mass is 10.0. The Morgan fingerprint density at radius 3 is 2.39 bits per heavy atom. The van der Waals surface area contributed by atoms with E-state index in [0.717, 1.165) is 0 Å². The lowest BCUT2D eigenvalue weighted by molar-refractivity contribution is -0.383. The molecule has 0 spiro atoms. The number of anilines is 1. The first-order valence-corrected chi connectivity index (χ1v) is 5.36. The molecule has 0 aliphatic heterocycles. The van der Waals surface area contributed by atoms with Crippen molar-refractivity contribution in [1.29, 1.82) is 0 Å². The van der Waals surface area contributed by atoms with Gasteiger partial charge in [-0.1, -0.05) is 23.7 Å². The van der Waals surface area contributed by atoms with Gasteiger partial charge in [-0.25, -0.2) is 4.39 Å². The number of nitrogens with zero attached hydrogens (tertiary/aromatic N) is 1. The first kappa shape index (κ1) is 12.3. The van der Waals surface area contributed by atoms with Crippen molar-refractivity contribution in [3.05, 3.63) is 57.4 Å². The summed E-state index contributed by atoms with van der Waals surface area (Å²) in [6.07, 6.45) is 0. The number of halogens is 2. The molecule has 0 amide bonds. The molecule has 92 valence electrons. The number of benzene rings is 2. The number of nitro groups is 1. The third-order valence-corrected chi connectivity index (χ3v) is 2.77. The summed E-state index contributed by atoms with van der Waals surface area (Å²) in [7, 11) is 0. The number of nitrogens with two attached hydrogens (primary N) is 1. The molecule has 0 unspecified atom stereocenters. The molecular weight excluding hydrogens is 259 g/mol. The summed E-state index contributed by atoms with van der Waals surface area (Å²) in [5, 5.41) is 10.7. The minimum Gasteiger partial charge on any atom is -0.393 e. The molecule has 0 atom stereocenters. The topological polar surface area (TPSA) is 69.2 Å². The van der Waals surface area contributed by atoms with Gasteiger partial charge in [0, 0.05) is 6.07 Å². The fourth-order valence-corrected chi connectivity index (χ4v) is 1.74. The van der Waals surface area contributed by atoms with Crippen LogP contribution in [-0.4, -0.2) is 4.92 Å². The summed E-state index contributed by atoms with van der Waals surface area (Å²) in [5.74, 6) is -0.537. The Bertz CT molecular complexity index is 631. The molecule has 0 saturated carbocycles. The van der Waals surface area contributed by atoms with Crippen molar-refractivity contribution in [3.8, 4) is 11.1 Å². The molecule has 0 aliphatic carbocycles. The third-order valence-electron chi connectivity index (χ3n) is 2.48. The van der Waals surface area contributed by atoms with Gasteiger partial charge in [0.05, 0.1) is 9.95 Å². The molecule has 2 aromatic rings. The van der Waals surface area contributed by atoms with Crippen molar-refractivity contribution in [1.82, 2.24) is 0 Å². The molecule has 4 nitrogen and oxygen atoms in total. The van der Waals surface area contributed by atoms with Crippen molar-refractivity contribution in [3.63, 3.8) is 0 Å². The van der Waals surface area contributed by atoms with E-state index in [9.17, 15) is 14.5 Å². The Morgan fingerprint density at radius 1 is 1.17 bits per heavy atom. The molecule has 0 bridgehead atoms. The van der Waals surface area contributed by atoms with Gasteiger partial charge in [-0.05, 0) is 29.3 Å². The van der Waals surface area contributed by atoms with Crippen molar-refractivity contribution in [2.45, 2.75) is 0 Å². The van der Waals surface area contributed by atoms with Gasteiger partial charge < -0.3 is 5.73 Å². The second kappa shape index (κ2) is 4.62. The Hall–Kier alpha value is -2.14. The summed E-state index contributed by atoms with van der Waals surface area (Å²) in [6.45, 7) is 0. The lowest BCUT2D eigenvalue weighted by Gasteiger charge is -2.04. The van der Waals surface area contributed by atoms with E-state index in [0.29, 0.717) is 11.1 Å². The van der Waals surface area contributed by atoms with Crippen LogP contribution in [0.2, 0.25) is 5.02 Å². The number of nitrogen functional groups attached to an aromatic ring is 1. The van der Waals surface area contributed by atoms with Gasteiger partial charge in [-0.15, -0.1) is 0 Å². The van der Waals surface area contributed by atoms with Crippen molar-refractivity contribution >= 4 is 23.0 Å². The Morgan fingerprint density at radius 2 is 1.78 bits per heavy atom. The highest BCUT2D eigenvalue weighted by Gasteiger charge is 2.13. The van der Waals surface area contributed by atoms with Crippen LogP contribution in [0.5, 0.6) is 0 Å². The van der Waals surface area contributed by atoms with Crippen LogP contribution >= 0.6 is 11.6 Å². The summed E-state index contributed by atoms with van der Waals surface area (Å²) in [5.41, 5.74) is 6.53. The van der Waals surface area contributed by atoms with Crippen LogP contribution in [0.15, 0.2) is 36.4 Å². The minimum atomic E-state index is -0.566. The Kier molecular flexibility index (Phi) is 3.16. The van der Waals surface area contributed by atoms with Crippen LogP contribution in [0.25, 0.3) is 11.1 Å². The molecule has 18 heavy (non-hydrogen) atoms. The normalized spacial score (nSPS) is 10.3. The average molecular weight is 267 g/mol. The molecule has 0 aromatic heterocycles. The van der Waals surface area contributed by atoms with Gasteiger partial charge >= 0.3 is 0 Å². The Labute approximate surface area is 107 Å². The number of nitro benzene ring substituents is 1. The lowest BCUT2D eigenvalue weighted by Crippen LogP contribution is -1.95. The molecule has 2 rings (SSSR count). The molecule has 0 radical (unpaired) electrons. The van der Waals surface area contributed by atoms with Crippen molar-refractivity contribution in [2.75, 3.05) is 5.73 Å². The largest absolute Gasteiger partial charge is 0.393 e. The monoisotopic (exact) mass is 266 g/mol. The molecule has 0 saturated heterocycles. The first-order chi connectivity index (χ1) is 8.49. The maximum Gasteiger partial charge on any atom is 0.292 e. The fourth-order valence-electron chi connectivity index (χ4n) is 1.56. The zero-order chi connectivity index (χ0) is 13.3. The van der Waals surface area contributed by atoms with Gasteiger partial charge in [0.25, 0.3) is 5.69 Å². The van der Waals surface area contributed by atoms with E-state index in [-0.39, 0.29) is 16.4 Å². The van der Waals surface area contributed by atoms with Gasteiger partial charge in [-0.2, -0.15) is 0 Å². The average Bonchev–Trinajstić information content (AvgIpc) is 2.33. The van der Waals surface area contributed by atoms with Crippen LogP contribution in [0.4, 0.5) is 15.8 Å². The molecule has 0 fully saturated rings. The number of hydrogen-bond acceptors (Lipinski definition) is 3. The summed E-state index contributed by atoms with van der Waals surface area (Å²) in [6, 6.07) is 8.50. The standard InChI is InChI=1S/C12H8ClFN2O2/c13-9-5-7(1-3-10(9)14)8-2-4-11(15)12(6-8)16(17)18/h1-6H,15H2. The maximum atomic E-state index is 13.0. The van der Waals surface area contributed by atoms with E-state index in [1.165, 1.54) is 30.3 Å². The van der Waals surface area contributed by atoms with Crippen molar-refractivity contribution in [2.24, 2.45) is 0 Å². The molecule has 6 heteroatoms. The highest BCUT2D eigenvalue weighted by Crippen LogP contribution is 2.30. The maximum absolute atomic E-state index is 13.0. The quantitative estimate of drug-likeness (QED) is 0.512. The fraction of sp³-hybridized carbons (Fsp3) is 0. The van der Waals surface area contributed by atoms with E-state index >= 15 is 0 Å². The van der Waals surface area contributed by atoms with Crippen LogP contribution in [0, 0.1) is 15.9 Å². The van der Waals surface area contributed by atoms with E-state index < -0.39 is 10.7 Å². The van der Waals surface area contributed by atoms with Gasteiger partial charge in [-0.3, -0.25) is 10.1 Å². The first-order valence-electron chi connectivity index (χ1n) is 4.98. The zero-order valence-electron chi connectivity index (χ0n) is 9.06. The van der Waals surface area contributed by atoms with E-state index in [2.05, 4.69) is 0 Å². The number of hydrogen-bond donors (Lipinski definition) is 1. The smallest absolute Gasteiger partial charge is 0.292 e. The molecule has 0 aliphatic rings. The van der Waals surface area contributed by atoms with Crippen LogP contribution < -0.4 is 5.73 Å². The van der Waals surface area contributed by atoms with Crippen LogP contribution in [0.1, 0.15) is 0 Å². The van der Waals surface area contributed by atoms with Gasteiger partial charge in [0.1, 0.15) is 11.5 Å². The predicted molar refractivity (Wildman–Crippen MR) is 67.9 cm³/mol. The summed E-state index contributed by atoms with van der Waals surface area (Å²) in [4.78, 5) is 10.2. The van der Waals surface area contributed by atoms with Crippen molar-refractivity contribution < 1.29 is 9.31 Å². The summed E-state index contributed by atoms with van der Waals surface area (Å²) >= 11 is 5.66. The molecule has 2 N–H and O–H groups in total. The van der Waals surface area contributed by atoms with E-state index in [4.69, 9.17) is 17.3 Å². The predicted octanol–water partition coefficient (Wildman–Crippen LogP) is 3.64.